The van der Waals surface area contributed by atoms with Crippen LogP contribution in [0.3, 0.4) is 0 Å². The Morgan fingerprint density at radius 2 is 2.00 bits per heavy atom. The standard InChI is InChI=1S/C16H25N5S/c1-13(2)12-21-15(19-20-16(21)22-3)5-4-8-18-11-14-6-9-17-10-7-14/h6-7,9-10,13,18H,4-5,8,11-12H2,1-3H3. The molecule has 2 rings (SSSR count). The van der Waals surface area contributed by atoms with Crippen molar-refractivity contribution in [1.29, 1.82) is 0 Å². The van der Waals surface area contributed by atoms with Crippen molar-refractivity contribution in [2.75, 3.05) is 12.8 Å². The first-order valence-corrected chi connectivity index (χ1v) is 8.99. The zero-order chi connectivity index (χ0) is 15.8. The fourth-order valence-electron chi connectivity index (χ4n) is 2.31. The normalized spacial score (nSPS) is 11.3. The lowest BCUT2D eigenvalue weighted by Crippen LogP contribution is -2.16. The van der Waals surface area contributed by atoms with Crippen molar-refractivity contribution < 1.29 is 0 Å². The smallest absolute Gasteiger partial charge is 0.190 e. The second-order valence-electron chi connectivity index (χ2n) is 5.74. The molecular weight excluding hydrogens is 294 g/mol. The van der Waals surface area contributed by atoms with Gasteiger partial charge >= 0.3 is 0 Å². The van der Waals surface area contributed by atoms with E-state index in [2.05, 4.69) is 45.2 Å². The molecule has 0 fully saturated rings. The summed E-state index contributed by atoms with van der Waals surface area (Å²) in [6.45, 7) is 7.31. The van der Waals surface area contributed by atoms with Crippen LogP contribution in [0.4, 0.5) is 0 Å². The second kappa shape index (κ2) is 8.90. The summed E-state index contributed by atoms with van der Waals surface area (Å²) in [4.78, 5) is 4.03. The minimum atomic E-state index is 0.602. The molecular formula is C16H25N5S. The number of pyridine rings is 1. The Hall–Kier alpha value is -1.40. The summed E-state index contributed by atoms with van der Waals surface area (Å²) in [6.07, 6.45) is 7.74. The average molecular weight is 319 g/mol. The van der Waals surface area contributed by atoms with Crippen molar-refractivity contribution in [3.63, 3.8) is 0 Å². The predicted molar refractivity (Wildman–Crippen MR) is 90.9 cm³/mol. The van der Waals surface area contributed by atoms with Crippen LogP contribution in [0.25, 0.3) is 0 Å². The molecule has 0 aliphatic rings. The molecule has 0 saturated carbocycles. The van der Waals surface area contributed by atoms with E-state index >= 15 is 0 Å². The number of nitrogens with zero attached hydrogens (tertiary/aromatic N) is 4. The van der Waals surface area contributed by atoms with E-state index in [-0.39, 0.29) is 0 Å². The number of hydrogen-bond donors (Lipinski definition) is 1. The summed E-state index contributed by atoms with van der Waals surface area (Å²) in [5.41, 5.74) is 1.27. The molecule has 0 spiro atoms. The van der Waals surface area contributed by atoms with Gasteiger partial charge in [-0.25, -0.2) is 0 Å². The molecule has 2 aromatic heterocycles. The molecule has 0 bridgehead atoms. The van der Waals surface area contributed by atoms with E-state index in [1.165, 1.54) is 5.56 Å². The number of rotatable bonds is 9. The lowest BCUT2D eigenvalue weighted by atomic mass is 10.2. The van der Waals surface area contributed by atoms with Crippen molar-refractivity contribution in [2.45, 2.75) is 44.9 Å². The van der Waals surface area contributed by atoms with Gasteiger partial charge in [0.1, 0.15) is 5.82 Å². The van der Waals surface area contributed by atoms with E-state index in [4.69, 9.17) is 0 Å². The maximum absolute atomic E-state index is 4.35. The van der Waals surface area contributed by atoms with Gasteiger partial charge in [0.05, 0.1) is 0 Å². The summed E-state index contributed by atoms with van der Waals surface area (Å²) < 4.78 is 2.26. The first-order chi connectivity index (χ1) is 10.7. The topological polar surface area (TPSA) is 55.6 Å². The minimum absolute atomic E-state index is 0.602. The predicted octanol–water partition coefficient (Wildman–Crippen LogP) is 2.77. The summed E-state index contributed by atoms with van der Waals surface area (Å²) in [6, 6.07) is 4.08. The lowest BCUT2D eigenvalue weighted by Gasteiger charge is -2.11. The van der Waals surface area contributed by atoms with Crippen LogP contribution >= 0.6 is 11.8 Å². The number of aryl methyl sites for hydroxylation is 1. The Morgan fingerprint density at radius 3 is 2.68 bits per heavy atom. The van der Waals surface area contributed by atoms with Crippen LogP contribution in [0.15, 0.2) is 29.7 Å². The van der Waals surface area contributed by atoms with Gasteiger partial charge in [-0.3, -0.25) is 4.98 Å². The quantitative estimate of drug-likeness (QED) is 0.569. The van der Waals surface area contributed by atoms with E-state index in [0.717, 1.165) is 43.5 Å². The van der Waals surface area contributed by atoms with Gasteiger partial charge in [0.25, 0.3) is 0 Å². The molecule has 0 unspecified atom stereocenters. The molecule has 0 amide bonds. The average Bonchev–Trinajstić information content (AvgIpc) is 2.89. The zero-order valence-corrected chi connectivity index (χ0v) is 14.4. The molecule has 0 aliphatic carbocycles. The van der Waals surface area contributed by atoms with Crippen LogP contribution in [-0.2, 0) is 19.5 Å². The van der Waals surface area contributed by atoms with Crippen molar-refractivity contribution >= 4 is 11.8 Å². The fraction of sp³-hybridized carbons (Fsp3) is 0.562. The third kappa shape index (κ3) is 5.10. The first-order valence-electron chi connectivity index (χ1n) is 7.76. The van der Waals surface area contributed by atoms with Gasteiger partial charge in [-0.2, -0.15) is 0 Å². The van der Waals surface area contributed by atoms with Crippen LogP contribution in [-0.4, -0.2) is 32.5 Å². The molecule has 2 heterocycles. The van der Waals surface area contributed by atoms with Crippen LogP contribution < -0.4 is 5.32 Å². The van der Waals surface area contributed by atoms with E-state index in [9.17, 15) is 0 Å². The fourth-order valence-corrected chi connectivity index (χ4v) is 2.83. The van der Waals surface area contributed by atoms with Gasteiger partial charge in [0, 0.05) is 31.9 Å². The number of thioether (sulfide) groups is 1. The van der Waals surface area contributed by atoms with Crippen LogP contribution in [0.2, 0.25) is 0 Å². The highest BCUT2D eigenvalue weighted by Crippen LogP contribution is 2.16. The molecule has 22 heavy (non-hydrogen) atoms. The molecule has 0 aromatic carbocycles. The highest BCUT2D eigenvalue weighted by molar-refractivity contribution is 7.98. The van der Waals surface area contributed by atoms with Crippen LogP contribution in [0.5, 0.6) is 0 Å². The maximum Gasteiger partial charge on any atom is 0.190 e. The SMILES string of the molecule is CSc1nnc(CCCNCc2ccncc2)n1CC(C)C. The Balaban J connectivity index is 1.78. The molecule has 2 aromatic rings. The largest absolute Gasteiger partial charge is 0.313 e. The third-order valence-corrected chi connectivity index (χ3v) is 4.02. The summed E-state index contributed by atoms with van der Waals surface area (Å²) >= 11 is 1.67. The Labute approximate surface area is 136 Å². The molecule has 0 aliphatic heterocycles. The second-order valence-corrected chi connectivity index (χ2v) is 6.52. The molecule has 0 atom stereocenters. The number of hydrogen-bond acceptors (Lipinski definition) is 5. The van der Waals surface area contributed by atoms with E-state index in [1.54, 1.807) is 11.8 Å². The van der Waals surface area contributed by atoms with E-state index in [1.807, 2.05) is 24.5 Å². The van der Waals surface area contributed by atoms with Gasteiger partial charge in [-0.15, -0.1) is 10.2 Å². The van der Waals surface area contributed by atoms with E-state index in [0.29, 0.717) is 5.92 Å². The summed E-state index contributed by atoms with van der Waals surface area (Å²) in [5, 5.41) is 13.1. The summed E-state index contributed by atoms with van der Waals surface area (Å²) in [7, 11) is 0. The van der Waals surface area contributed by atoms with E-state index < -0.39 is 0 Å². The third-order valence-electron chi connectivity index (χ3n) is 3.36. The molecule has 0 saturated heterocycles. The summed E-state index contributed by atoms with van der Waals surface area (Å²) in [5.74, 6) is 1.70. The zero-order valence-electron chi connectivity index (χ0n) is 13.6. The van der Waals surface area contributed by atoms with Crippen molar-refractivity contribution in [1.82, 2.24) is 25.1 Å². The first kappa shape index (κ1) is 17.0. The van der Waals surface area contributed by atoms with Crippen molar-refractivity contribution in [3.8, 4) is 0 Å². The maximum atomic E-state index is 4.35. The van der Waals surface area contributed by atoms with Crippen LogP contribution in [0, 0.1) is 5.92 Å². The highest BCUT2D eigenvalue weighted by Gasteiger charge is 2.12. The van der Waals surface area contributed by atoms with Gasteiger partial charge in [0.15, 0.2) is 5.16 Å². The highest BCUT2D eigenvalue weighted by atomic mass is 32.2. The van der Waals surface area contributed by atoms with Gasteiger partial charge < -0.3 is 9.88 Å². The molecule has 6 heteroatoms. The number of nitrogens with one attached hydrogen (secondary N) is 1. The molecule has 5 nitrogen and oxygen atoms in total. The van der Waals surface area contributed by atoms with Crippen LogP contribution in [0.1, 0.15) is 31.7 Å². The number of aromatic nitrogens is 4. The molecule has 0 radical (unpaired) electrons. The van der Waals surface area contributed by atoms with Gasteiger partial charge in [0.2, 0.25) is 0 Å². The van der Waals surface area contributed by atoms with Gasteiger partial charge in [-0.05, 0) is 42.8 Å². The molecule has 120 valence electrons. The minimum Gasteiger partial charge on any atom is -0.313 e. The van der Waals surface area contributed by atoms with Gasteiger partial charge in [-0.1, -0.05) is 25.6 Å². The Kier molecular flexibility index (Phi) is 6.86. The monoisotopic (exact) mass is 319 g/mol. The Morgan fingerprint density at radius 1 is 1.23 bits per heavy atom. The van der Waals surface area contributed by atoms with Crippen molar-refractivity contribution in [3.05, 3.63) is 35.9 Å². The van der Waals surface area contributed by atoms with Crippen molar-refractivity contribution in [2.24, 2.45) is 5.92 Å². The molecule has 1 N–H and O–H groups in total. The lowest BCUT2D eigenvalue weighted by molar-refractivity contribution is 0.475. The Bertz CT molecular complexity index is 553.